The van der Waals surface area contributed by atoms with Crippen LogP contribution in [-0.2, 0) is 9.53 Å². The van der Waals surface area contributed by atoms with Crippen molar-refractivity contribution in [2.75, 3.05) is 37.7 Å². The standard InChI is InChI=1S/C20H24FN5O4/c1-3-29-19(27)11-22-20(28)26-8-7-25(12-14(26)2)17-10-18(24-13-23-17)30-16-6-4-5-15(21)9-16/h4-6,9-10,13-14H,3,7-8,11-12H2,1-2H3,(H,22,28)/t14-/m0/s1. The van der Waals surface area contributed by atoms with Crippen LogP contribution in [0.5, 0.6) is 11.6 Å². The van der Waals surface area contributed by atoms with Crippen LogP contribution in [0.2, 0.25) is 0 Å². The first-order valence-corrected chi connectivity index (χ1v) is 9.66. The number of benzene rings is 1. The number of rotatable bonds is 6. The highest BCUT2D eigenvalue weighted by Crippen LogP contribution is 2.24. The summed E-state index contributed by atoms with van der Waals surface area (Å²) >= 11 is 0. The molecule has 0 aliphatic carbocycles. The van der Waals surface area contributed by atoms with Gasteiger partial charge in [0.1, 0.15) is 30.3 Å². The van der Waals surface area contributed by atoms with E-state index in [-0.39, 0.29) is 25.2 Å². The molecule has 1 aliphatic rings. The number of halogens is 1. The van der Waals surface area contributed by atoms with Gasteiger partial charge in [0.15, 0.2) is 0 Å². The molecular weight excluding hydrogens is 393 g/mol. The van der Waals surface area contributed by atoms with Crippen molar-refractivity contribution >= 4 is 17.8 Å². The van der Waals surface area contributed by atoms with Crippen molar-refractivity contribution in [2.45, 2.75) is 19.9 Å². The van der Waals surface area contributed by atoms with Gasteiger partial charge in [-0.25, -0.2) is 19.2 Å². The highest BCUT2D eigenvalue weighted by molar-refractivity contribution is 5.81. The average molecular weight is 417 g/mol. The third-order valence-corrected chi connectivity index (χ3v) is 4.55. The highest BCUT2D eigenvalue weighted by Gasteiger charge is 2.28. The average Bonchev–Trinajstić information content (AvgIpc) is 2.72. The van der Waals surface area contributed by atoms with Crippen molar-refractivity contribution in [2.24, 2.45) is 0 Å². The molecule has 1 saturated heterocycles. The molecule has 10 heteroatoms. The zero-order valence-electron chi connectivity index (χ0n) is 16.9. The molecule has 0 radical (unpaired) electrons. The van der Waals surface area contributed by atoms with E-state index in [1.165, 1.54) is 18.5 Å². The van der Waals surface area contributed by atoms with E-state index in [1.54, 1.807) is 30.0 Å². The molecule has 2 amide bonds. The molecule has 3 rings (SSSR count). The molecule has 1 aromatic heterocycles. The Hall–Kier alpha value is -3.43. The maximum atomic E-state index is 13.3. The number of anilines is 1. The first-order valence-electron chi connectivity index (χ1n) is 9.66. The van der Waals surface area contributed by atoms with E-state index in [4.69, 9.17) is 9.47 Å². The first kappa shape index (κ1) is 21.3. The van der Waals surface area contributed by atoms with Crippen molar-refractivity contribution < 1.29 is 23.5 Å². The van der Waals surface area contributed by atoms with Crippen LogP contribution in [0.3, 0.4) is 0 Å². The second-order valence-electron chi connectivity index (χ2n) is 6.73. The van der Waals surface area contributed by atoms with Gasteiger partial charge < -0.3 is 24.6 Å². The Balaban J connectivity index is 1.58. The number of esters is 1. The van der Waals surface area contributed by atoms with Crippen molar-refractivity contribution in [3.05, 3.63) is 42.5 Å². The molecule has 30 heavy (non-hydrogen) atoms. The first-order chi connectivity index (χ1) is 14.5. The predicted molar refractivity (Wildman–Crippen MR) is 107 cm³/mol. The zero-order chi connectivity index (χ0) is 21.5. The lowest BCUT2D eigenvalue weighted by atomic mass is 10.2. The van der Waals surface area contributed by atoms with Gasteiger partial charge in [-0.3, -0.25) is 4.79 Å². The maximum Gasteiger partial charge on any atom is 0.325 e. The lowest BCUT2D eigenvalue weighted by Gasteiger charge is -2.40. The number of nitrogens with one attached hydrogen (secondary N) is 1. The van der Waals surface area contributed by atoms with Crippen molar-refractivity contribution in [3.8, 4) is 11.6 Å². The van der Waals surface area contributed by atoms with Crippen LogP contribution in [0.15, 0.2) is 36.7 Å². The van der Waals surface area contributed by atoms with E-state index in [9.17, 15) is 14.0 Å². The molecular formula is C20H24FN5O4. The van der Waals surface area contributed by atoms with Crippen LogP contribution in [0.4, 0.5) is 15.0 Å². The molecule has 1 fully saturated rings. The molecule has 1 aliphatic heterocycles. The van der Waals surface area contributed by atoms with Gasteiger partial charge in [-0.1, -0.05) is 6.07 Å². The fourth-order valence-electron chi connectivity index (χ4n) is 3.14. The summed E-state index contributed by atoms with van der Waals surface area (Å²) < 4.78 is 23.8. The summed E-state index contributed by atoms with van der Waals surface area (Å²) in [7, 11) is 0. The van der Waals surface area contributed by atoms with Crippen LogP contribution in [-0.4, -0.2) is 65.7 Å². The number of hydrogen-bond donors (Lipinski definition) is 1. The second kappa shape index (κ2) is 9.86. The van der Waals surface area contributed by atoms with E-state index in [1.807, 2.05) is 11.8 Å². The van der Waals surface area contributed by atoms with Gasteiger partial charge in [-0.15, -0.1) is 0 Å². The van der Waals surface area contributed by atoms with Crippen LogP contribution < -0.4 is 15.0 Å². The number of urea groups is 1. The number of carbonyl (C=O) groups is 2. The smallest absolute Gasteiger partial charge is 0.325 e. The molecule has 0 unspecified atom stereocenters. The van der Waals surface area contributed by atoms with E-state index in [0.717, 1.165) is 0 Å². The molecule has 1 N–H and O–H groups in total. The summed E-state index contributed by atoms with van der Waals surface area (Å²) in [4.78, 5) is 35.8. The lowest BCUT2D eigenvalue weighted by Crippen LogP contribution is -2.57. The highest BCUT2D eigenvalue weighted by atomic mass is 19.1. The second-order valence-corrected chi connectivity index (χ2v) is 6.73. The molecule has 0 bridgehead atoms. The maximum absolute atomic E-state index is 13.3. The molecule has 2 aromatic rings. The minimum Gasteiger partial charge on any atom is -0.465 e. The number of hydrogen-bond acceptors (Lipinski definition) is 7. The van der Waals surface area contributed by atoms with Crippen molar-refractivity contribution in [1.29, 1.82) is 0 Å². The summed E-state index contributed by atoms with van der Waals surface area (Å²) in [5.74, 6) is 0.427. The van der Waals surface area contributed by atoms with E-state index in [2.05, 4.69) is 15.3 Å². The SMILES string of the molecule is CCOC(=O)CNC(=O)N1CCN(c2cc(Oc3cccc(F)c3)ncn2)C[C@@H]1C. The Labute approximate surface area is 173 Å². The van der Waals surface area contributed by atoms with E-state index in [0.29, 0.717) is 37.1 Å². The van der Waals surface area contributed by atoms with E-state index >= 15 is 0 Å². The summed E-state index contributed by atoms with van der Waals surface area (Å²) in [5.41, 5.74) is 0. The van der Waals surface area contributed by atoms with Crippen LogP contribution >= 0.6 is 0 Å². The third kappa shape index (κ3) is 5.56. The van der Waals surface area contributed by atoms with E-state index < -0.39 is 11.8 Å². The molecule has 0 spiro atoms. The molecule has 1 atom stereocenters. The van der Waals surface area contributed by atoms with Gasteiger partial charge in [0.05, 0.1) is 6.61 Å². The fraction of sp³-hybridized carbons (Fsp3) is 0.400. The summed E-state index contributed by atoms with van der Waals surface area (Å²) in [6, 6.07) is 7.06. The van der Waals surface area contributed by atoms with Crippen LogP contribution in [0.1, 0.15) is 13.8 Å². The van der Waals surface area contributed by atoms with Gasteiger partial charge >= 0.3 is 12.0 Å². The summed E-state index contributed by atoms with van der Waals surface area (Å²) in [5, 5.41) is 2.58. The normalized spacial score (nSPS) is 16.2. The predicted octanol–water partition coefficient (Wildman–Crippen LogP) is 2.19. The fourth-order valence-corrected chi connectivity index (χ4v) is 3.14. The van der Waals surface area contributed by atoms with Crippen LogP contribution in [0, 0.1) is 5.82 Å². The monoisotopic (exact) mass is 417 g/mol. The Bertz CT molecular complexity index is 897. The van der Waals surface area contributed by atoms with Gasteiger partial charge in [0.2, 0.25) is 5.88 Å². The Morgan fingerprint density at radius 3 is 2.83 bits per heavy atom. The number of piperazine rings is 1. The third-order valence-electron chi connectivity index (χ3n) is 4.55. The minimum atomic E-state index is -0.469. The van der Waals surface area contributed by atoms with Crippen LogP contribution in [0.25, 0.3) is 0 Å². The van der Waals surface area contributed by atoms with Gasteiger partial charge in [0.25, 0.3) is 0 Å². The zero-order valence-corrected chi connectivity index (χ0v) is 16.9. The van der Waals surface area contributed by atoms with Crippen molar-refractivity contribution in [3.63, 3.8) is 0 Å². The molecule has 2 heterocycles. The van der Waals surface area contributed by atoms with Crippen molar-refractivity contribution in [1.82, 2.24) is 20.2 Å². The Morgan fingerprint density at radius 2 is 2.10 bits per heavy atom. The number of amides is 2. The lowest BCUT2D eigenvalue weighted by molar-refractivity contribution is -0.141. The summed E-state index contributed by atoms with van der Waals surface area (Å²) in [6.45, 7) is 5.29. The van der Waals surface area contributed by atoms with Gasteiger partial charge in [-0.05, 0) is 26.0 Å². The molecule has 0 saturated carbocycles. The number of aromatic nitrogens is 2. The quantitative estimate of drug-likeness (QED) is 0.720. The Kier molecular flexibility index (Phi) is 6.99. The largest absolute Gasteiger partial charge is 0.465 e. The minimum absolute atomic E-state index is 0.108. The number of nitrogens with zero attached hydrogens (tertiary/aromatic N) is 4. The number of ether oxygens (including phenoxy) is 2. The summed E-state index contributed by atoms with van der Waals surface area (Å²) in [6.07, 6.45) is 1.38. The number of carbonyl (C=O) groups excluding carboxylic acids is 2. The molecule has 160 valence electrons. The molecule has 1 aromatic carbocycles. The van der Waals surface area contributed by atoms with Gasteiger partial charge in [0, 0.05) is 37.8 Å². The van der Waals surface area contributed by atoms with Gasteiger partial charge in [-0.2, -0.15) is 0 Å². The molecule has 9 nitrogen and oxygen atoms in total. The Morgan fingerprint density at radius 1 is 1.27 bits per heavy atom. The topological polar surface area (TPSA) is 96.9 Å².